The van der Waals surface area contributed by atoms with E-state index >= 15 is 0 Å². The van der Waals surface area contributed by atoms with Gasteiger partial charge in [-0.2, -0.15) is 8.42 Å². The van der Waals surface area contributed by atoms with Crippen LogP contribution in [-0.2, 0) is 19.1 Å². The van der Waals surface area contributed by atoms with Gasteiger partial charge in [-0.3, -0.25) is 8.98 Å². The standard InChI is InChI=1S/C14H19NO5S2/c1-10(7-20-22(2,17)18)14(16)15-11-8-19-12-5-3-4-6-13(12)21-9-11/h3-6,10-11H,7-9H2,1-2H3,(H,15,16)/t10-,11-/m1/s1. The van der Waals surface area contributed by atoms with Gasteiger partial charge >= 0.3 is 0 Å². The molecule has 122 valence electrons. The topological polar surface area (TPSA) is 81.7 Å². The number of rotatable bonds is 5. The molecule has 1 aromatic carbocycles. The number of benzene rings is 1. The summed E-state index contributed by atoms with van der Waals surface area (Å²) in [4.78, 5) is 13.1. The van der Waals surface area contributed by atoms with Gasteiger partial charge in [-0.25, -0.2) is 0 Å². The zero-order valence-corrected chi connectivity index (χ0v) is 14.1. The third-order valence-electron chi connectivity index (χ3n) is 3.06. The molecule has 0 aliphatic carbocycles. The zero-order valence-electron chi connectivity index (χ0n) is 12.4. The fourth-order valence-electron chi connectivity index (χ4n) is 1.85. The van der Waals surface area contributed by atoms with E-state index in [2.05, 4.69) is 9.50 Å². The van der Waals surface area contributed by atoms with Crippen LogP contribution in [0, 0.1) is 5.92 Å². The second-order valence-corrected chi connectivity index (χ2v) is 7.87. The molecule has 1 heterocycles. The molecule has 0 saturated heterocycles. The molecule has 0 spiro atoms. The second kappa shape index (κ2) is 7.34. The summed E-state index contributed by atoms with van der Waals surface area (Å²) in [6.07, 6.45) is 0.963. The summed E-state index contributed by atoms with van der Waals surface area (Å²) in [6, 6.07) is 7.59. The Kier molecular flexibility index (Phi) is 5.71. The summed E-state index contributed by atoms with van der Waals surface area (Å²) < 4.78 is 32.2. The van der Waals surface area contributed by atoms with E-state index < -0.39 is 16.0 Å². The SMILES string of the molecule is C[C@H](COS(C)(=O)=O)C(=O)N[C@@H]1COc2ccccc2SC1. The normalized spacial score (nSPS) is 19.5. The minimum atomic E-state index is -3.54. The third kappa shape index (κ3) is 5.19. The molecule has 1 amide bonds. The molecule has 0 fully saturated rings. The summed E-state index contributed by atoms with van der Waals surface area (Å²) in [6.45, 7) is 1.85. The van der Waals surface area contributed by atoms with Crippen molar-refractivity contribution in [2.45, 2.75) is 17.9 Å². The molecular formula is C14H19NO5S2. The maximum absolute atomic E-state index is 12.1. The van der Waals surface area contributed by atoms with Crippen LogP contribution < -0.4 is 10.1 Å². The predicted octanol–water partition coefficient (Wildman–Crippen LogP) is 1.27. The van der Waals surface area contributed by atoms with Crippen LogP contribution in [0.25, 0.3) is 0 Å². The molecular weight excluding hydrogens is 326 g/mol. The summed E-state index contributed by atoms with van der Waals surface area (Å²) in [5.74, 6) is 0.717. The van der Waals surface area contributed by atoms with Crippen molar-refractivity contribution in [1.82, 2.24) is 5.32 Å². The fourth-order valence-corrected chi connectivity index (χ4v) is 3.30. The van der Waals surface area contributed by atoms with Crippen LogP contribution >= 0.6 is 11.8 Å². The summed E-state index contributed by atoms with van der Waals surface area (Å²) in [5.41, 5.74) is 0. The number of hydrogen-bond acceptors (Lipinski definition) is 6. The van der Waals surface area contributed by atoms with E-state index in [-0.39, 0.29) is 18.6 Å². The number of ether oxygens (including phenoxy) is 1. The van der Waals surface area contributed by atoms with Crippen LogP contribution in [0.2, 0.25) is 0 Å². The number of thioether (sulfide) groups is 1. The molecule has 1 aliphatic heterocycles. The molecule has 0 unspecified atom stereocenters. The summed E-state index contributed by atoms with van der Waals surface area (Å²) in [5, 5.41) is 2.87. The second-order valence-electron chi connectivity index (χ2n) is 5.16. The average Bonchev–Trinajstić information content (AvgIpc) is 2.67. The van der Waals surface area contributed by atoms with Crippen molar-refractivity contribution in [2.24, 2.45) is 5.92 Å². The first-order valence-electron chi connectivity index (χ1n) is 6.84. The van der Waals surface area contributed by atoms with E-state index in [0.717, 1.165) is 16.9 Å². The number of para-hydroxylation sites is 1. The zero-order chi connectivity index (χ0) is 16.2. The van der Waals surface area contributed by atoms with Crippen molar-refractivity contribution in [1.29, 1.82) is 0 Å². The van der Waals surface area contributed by atoms with Crippen LogP contribution in [-0.4, -0.2) is 45.6 Å². The van der Waals surface area contributed by atoms with Crippen molar-refractivity contribution in [2.75, 3.05) is 25.2 Å². The molecule has 2 atom stereocenters. The lowest BCUT2D eigenvalue weighted by atomic mass is 10.2. The molecule has 1 aliphatic rings. The highest BCUT2D eigenvalue weighted by atomic mass is 32.2. The van der Waals surface area contributed by atoms with E-state index in [0.29, 0.717) is 12.4 Å². The molecule has 8 heteroatoms. The lowest BCUT2D eigenvalue weighted by Gasteiger charge is -2.18. The number of carbonyl (C=O) groups is 1. The van der Waals surface area contributed by atoms with Gasteiger partial charge in [0.2, 0.25) is 5.91 Å². The molecule has 1 N–H and O–H groups in total. The first kappa shape index (κ1) is 17.1. The lowest BCUT2D eigenvalue weighted by molar-refractivity contribution is -0.126. The quantitative estimate of drug-likeness (QED) is 0.810. The van der Waals surface area contributed by atoms with Crippen molar-refractivity contribution >= 4 is 27.8 Å². The Morgan fingerprint density at radius 1 is 1.50 bits per heavy atom. The highest BCUT2D eigenvalue weighted by Crippen LogP contribution is 2.31. The summed E-state index contributed by atoms with van der Waals surface area (Å²) in [7, 11) is -3.54. The Labute approximate surface area is 134 Å². The van der Waals surface area contributed by atoms with Gasteiger partial charge in [-0.1, -0.05) is 19.1 Å². The maximum Gasteiger partial charge on any atom is 0.264 e. The van der Waals surface area contributed by atoms with Gasteiger partial charge < -0.3 is 10.1 Å². The Balaban J connectivity index is 1.85. The first-order chi connectivity index (χ1) is 10.3. The van der Waals surface area contributed by atoms with Crippen molar-refractivity contribution < 1.29 is 22.1 Å². The maximum atomic E-state index is 12.1. The number of hydrogen-bond donors (Lipinski definition) is 1. The van der Waals surface area contributed by atoms with Gasteiger partial charge in [0.25, 0.3) is 10.1 Å². The Morgan fingerprint density at radius 2 is 2.23 bits per heavy atom. The minimum Gasteiger partial charge on any atom is -0.490 e. The van der Waals surface area contributed by atoms with E-state index in [4.69, 9.17) is 4.74 Å². The van der Waals surface area contributed by atoms with Gasteiger partial charge in [-0.05, 0) is 12.1 Å². The Bertz CT molecular complexity index is 605. The molecule has 1 aromatic rings. The third-order valence-corrected chi connectivity index (χ3v) is 4.84. The first-order valence-corrected chi connectivity index (χ1v) is 9.65. The number of carbonyl (C=O) groups excluding carboxylic acids is 1. The van der Waals surface area contributed by atoms with Gasteiger partial charge in [0.05, 0.1) is 24.8 Å². The van der Waals surface area contributed by atoms with Gasteiger partial charge in [0.1, 0.15) is 12.4 Å². The van der Waals surface area contributed by atoms with Crippen LogP contribution in [0.4, 0.5) is 0 Å². The number of fused-ring (bicyclic) bond motifs is 1. The predicted molar refractivity (Wildman–Crippen MR) is 84.6 cm³/mol. The summed E-state index contributed by atoms with van der Waals surface area (Å²) >= 11 is 1.62. The molecule has 0 aromatic heterocycles. The molecule has 6 nitrogen and oxygen atoms in total. The van der Waals surface area contributed by atoms with Gasteiger partial charge in [-0.15, -0.1) is 11.8 Å². The largest absolute Gasteiger partial charge is 0.490 e. The van der Waals surface area contributed by atoms with E-state index in [1.54, 1.807) is 18.7 Å². The van der Waals surface area contributed by atoms with Crippen LogP contribution in [0.5, 0.6) is 5.75 Å². The van der Waals surface area contributed by atoms with Crippen molar-refractivity contribution in [3.05, 3.63) is 24.3 Å². The lowest BCUT2D eigenvalue weighted by Crippen LogP contribution is -2.43. The van der Waals surface area contributed by atoms with E-state index in [1.807, 2.05) is 24.3 Å². The van der Waals surface area contributed by atoms with Crippen molar-refractivity contribution in [3.8, 4) is 5.75 Å². The van der Waals surface area contributed by atoms with Crippen LogP contribution in [0.15, 0.2) is 29.2 Å². The van der Waals surface area contributed by atoms with Gasteiger partial charge in [0, 0.05) is 10.6 Å². The highest BCUT2D eigenvalue weighted by Gasteiger charge is 2.22. The van der Waals surface area contributed by atoms with Crippen molar-refractivity contribution in [3.63, 3.8) is 0 Å². The molecule has 22 heavy (non-hydrogen) atoms. The molecule has 0 radical (unpaired) electrons. The van der Waals surface area contributed by atoms with Gasteiger partial charge in [0.15, 0.2) is 0 Å². The number of nitrogens with one attached hydrogen (secondary N) is 1. The average molecular weight is 345 g/mol. The molecule has 0 saturated carbocycles. The molecule has 2 rings (SSSR count). The van der Waals surface area contributed by atoms with Crippen LogP contribution in [0.3, 0.4) is 0 Å². The highest BCUT2D eigenvalue weighted by molar-refractivity contribution is 7.99. The smallest absolute Gasteiger partial charge is 0.264 e. The number of amides is 1. The monoisotopic (exact) mass is 345 g/mol. The van der Waals surface area contributed by atoms with Crippen LogP contribution in [0.1, 0.15) is 6.92 Å². The van der Waals surface area contributed by atoms with E-state index in [9.17, 15) is 13.2 Å². The Hall–Kier alpha value is -1.25. The Morgan fingerprint density at radius 3 is 2.95 bits per heavy atom. The molecule has 0 bridgehead atoms. The van der Waals surface area contributed by atoms with E-state index in [1.165, 1.54) is 0 Å². The minimum absolute atomic E-state index is 0.134. The fraction of sp³-hybridized carbons (Fsp3) is 0.500.